The van der Waals surface area contributed by atoms with Crippen LogP contribution in [0, 0.1) is 0 Å². The molecule has 8 heteroatoms. The molecule has 3 amide bonds. The molecule has 2 aromatic carbocycles. The van der Waals surface area contributed by atoms with Gasteiger partial charge in [-0.25, -0.2) is 4.79 Å². The van der Waals surface area contributed by atoms with Crippen molar-refractivity contribution in [1.29, 1.82) is 0 Å². The fourth-order valence-electron chi connectivity index (χ4n) is 2.24. The molecule has 6 nitrogen and oxygen atoms in total. The molecule has 0 aliphatic carbocycles. The van der Waals surface area contributed by atoms with Crippen LogP contribution < -0.4 is 16.0 Å². The van der Waals surface area contributed by atoms with Gasteiger partial charge in [0, 0.05) is 17.9 Å². The van der Waals surface area contributed by atoms with Gasteiger partial charge < -0.3 is 20.4 Å². The minimum absolute atomic E-state index is 0.236. The average molecular weight is 404 g/mol. The zero-order valence-electron chi connectivity index (χ0n) is 14.0. The Hall–Kier alpha value is -2.96. The van der Waals surface area contributed by atoms with Crippen LogP contribution in [0.4, 0.5) is 16.2 Å². The van der Waals surface area contributed by atoms with Crippen molar-refractivity contribution >= 4 is 46.5 Å². The highest BCUT2D eigenvalue weighted by Crippen LogP contribution is 2.24. The Labute approximate surface area is 165 Å². The first kappa shape index (κ1) is 18.8. The molecule has 0 saturated heterocycles. The van der Waals surface area contributed by atoms with E-state index in [9.17, 15) is 9.59 Å². The molecule has 138 valence electrons. The van der Waals surface area contributed by atoms with E-state index in [0.29, 0.717) is 28.0 Å². The number of halogens is 2. The Morgan fingerprint density at radius 1 is 0.889 bits per heavy atom. The van der Waals surface area contributed by atoms with Gasteiger partial charge in [-0.3, -0.25) is 4.79 Å². The van der Waals surface area contributed by atoms with E-state index in [1.54, 1.807) is 54.6 Å². The lowest BCUT2D eigenvalue weighted by molar-refractivity contribution is 0.0996. The van der Waals surface area contributed by atoms with Crippen LogP contribution in [0.5, 0.6) is 0 Å². The Balaban J connectivity index is 1.50. The van der Waals surface area contributed by atoms with Gasteiger partial charge in [0.1, 0.15) is 0 Å². The number of amides is 3. The van der Waals surface area contributed by atoms with Crippen molar-refractivity contribution < 1.29 is 14.0 Å². The molecule has 0 bridgehead atoms. The smallest absolute Gasteiger partial charge is 0.319 e. The maximum atomic E-state index is 12.0. The van der Waals surface area contributed by atoms with Crippen LogP contribution in [0.2, 0.25) is 10.0 Å². The van der Waals surface area contributed by atoms with Gasteiger partial charge in [0.2, 0.25) is 0 Å². The van der Waals surface area contributed by atoms with E-state index in [2.05, 4.69) is 16.0 Å². The Morgan fingerprint density at radius 3 is 2.30 bits per heavy atom. The first-order valence-electron chi connectivity index (χ1n) is 7.95. The van der Waals surface area contributed by atoms with E-state index in [-0.39, 0.29) is 17.7 Å². The van der Waals surface area contributed by atoms with Crippen LogP contribution in [0.25, 0.3) is 0 Å². The first-order valence-corrected chi connectivity index (χ1v) is 8.70. The standard InChI is InChI=1S/C19H15Cl2N3O3/c20-15-8-7-14(10-16(15)21)24-19(26)22-11-12-3-5-13(6-4-12)23-18(25)17-2-1-9-27-17/h1-10H,11H2,(H,23,25)(H2,22,24,26). The van der Waals surface area contributed by atoms with Crippen LogP contribution in [-0.4, -0.2) is 11.9 Å². The number of carbonyl (C=O) groups excluding carboxylic acids is 2. The third kappa shape index (κ3) is 5.26. The highest BCUT2D eigenvalue weighted by Gasteiger charge is 2.09. The van der Waals surface area contributed by atoms with Gasteiger partial charge in [0.05, 0.1) is 16.3 Å². The van der Waals surface area contributed by atoms with Crippen LogP contribution >= 0.6 is 23.2 Å². The lowest BCUT2D eigenvalue weighted by atomic mass is 10.2. The second-order valence-electron chi connectivity index (χ2n) is 5.56. The normalized spacial score (nSPS) is 10.3. The molecule has 1 aromatic heterocycles. The summed E-state index contributed by atoms with van der Waals surface area (Å²) in [5.74, 6) is -0.0911. The predicted octanol–water partition coefficient (Wildman–Crippen LogP) is 5.16. The summed E-state index contributed by atoms with van der Waals surface area (Å²) in [5.41, 5.74) is 2.04. The zero-order valence-corrected chi connectivity index (χ0v) is 15.5. The minimum atomic E-state index is -0.372. The van der Waals surface area contributed by atoms with Gasteiger partial charge >= 0.3 is 6.03 Å². The molecule has 0 saturated carbocycles. The molecule has 0 fully saturated rings. The SMILES string of the molecule is O=C(NCc1ccc(NC(=O)c2ccco2)cc1)Nc1ccc(Cl)c(Cl)c1. The summed E-state index contributed by atoms with van der Waals surface area (Å²) >= 11 is 11.8. The third-order valence-corrected chi connectivity index (χ3v) is 4.33. The lowest BCUT2D eigenvalue weighted by Crippen LogP contribution is -2.28. The molecular formula is C19H15Cl2N3O3. The van der Waals surface area contributed by atoms with Gasteiger partial charge in [0.25, 0.3) is 5.91 Å². The highest BCUT2D eigenvalue weighted by molar-refractivity contribution is 6.42. The van der Waals surface area contributed by atoms with E-state index in [1.807, 2.05) is 0 Å². The molecule has 1 heterocycles. The molecule has 27 heavy (non-hydrogen) atoms. The molecule has 0 aliphatic rings. The van der Waals surface area contributed by atoms with Crippen molar-refractivity contribution in [3.05, 3.63) is 82.2 Å². The van der Waals surface area contributed by atoms with Crippen molar-refractivity contribution in [3.63, 3.8) is 0 Å². The number of benzene rings is 2. The molecule has 0 unspecified atom stereocenters. The number of furan rings is 1. The summed E-state index contributed by atoms with van der Waals surface area (Å²) in [6.45, 7) is 0.319. The van der Waals surface area contributed by atoms with E-state index < -0.39 is 0 Å². The summed E-state index contributed by atoms with van der Waals surface area (Å²) < 4.78 is 5.04. The summed E-state index contributed by atoms with van der Waals surface area (Å²) in [6.07, 6.45) is 1.44. The fraction of sp³-hybridized carbons (Fsp3) is 0.0526. The molecule has 0 spiro atoms. The van der Waals surface area contributed by atoms with E-state index >= 15 is 0 Å². The molecule has 3 aromatic rings. The van der Waals surface area contributed by atoms with Crippen LogP contribution in [0.15, 0.2) is 65.3 Å². The van der Waals surface area contributed by atoms with Crippen LogP contribution in [0.1, 0.15) is 16.1 Å². The Kier molecular flexibility index (Phi) is 6.01. The maximum absolute atomic E-state index is 12.0. The second-order valence-corrected chi connectivity index (χ2v) is 6.38. The number of nitrogens with one attached hydrogen (secondary N) is 3. The number of hydrogen-bond donors (Lipinski definition) is 3. The molecular weight excluding hydrogens is 389 g/mol. The molecule has 0 radical (unpaired) electrons. The highest BCUT2D eigenvalue weighted by atomic mass is 35.5. The van der Waals surface area contributed by atoms with Crippen molar-refractivity contribution in [3.8, 4) is 0 Å². The second kappa shape index (κ2) is 8.62. The fourth-order valence-corrected chi connectivity index (χ4v) is 2.54. The van der Waals surface area contributed by atoms with Gasteiger partial charge in [0.15, 0.2) is 5.76 Å². The summed E-state index contributed by atoms with van der Waals surface area (Å²) in [5, 5.41) is 8.91. The summed E-state index contributed by atoms with van der Waals surface area (Å²) in [6, 6.07) is 14.8. The van der Waals surface area contributed by atoms with Crippen molar-refractivity contribution in [2.24, 2.45) is 0 Å². The minimum Gasteiger partial charge on any atom is -0.459 e. The third-order valence-electron chi connectivity index (χ3n) is 3.59. The van der Waals surface area contributed by atoms with Gasteiger partial charge in [-0.2, -0.15) is 0 Å². The summed E-state index contributed by atoms with van der Waals surface area (Å²) in [7, 11) is 0. The van der Waals surface area contributed by atoms with Crippen molar-refractivity contribution in [2.45, 2.75) is 6.54 Å². The van der Waals surface area contributed by atoms with Crippen LogP contribution in [-0.2, 0) is 6.54 Å². The van der Waals surface area contributed by atoms with Gasteiger partial charge in [-0.05, 0) is 48.0 Å². The monoisotopic (exact) mass is 403 g/mol. The quantitative estimate of drug-likeness (QED) is 0.549. The van der Waals surface area contributed by atoms with E-state index in [1.165, 1.54) is 6.26 Å². The largest absolute Gasteiger partial charge is 0.459 e. The average Bonchev–Trinajstić information content (AvgIpc) is 3.19. The maximum Gasteiger partial charge on any atom is 0.319 e. The number of anilines is 2. The molecule has 0 atom stereocenters. The number of hydrogen-bond acceptors (Lipinski definition) is 3. The number of urea groups is 1. The molecule has 3 N–H and O–H groups in total. The van der Waals surface area contributed by atoms with E-state index in [4.69, 9.17) is 27.6 Å². The Morgan fingerprint density at radius 2 is 1.63 bits per heavy atom. The first-order chi connectivity index (χ1) is 13.0. The summed E-state index contributed by atoms with van der Waals surface area (Å²) in [4.78, 5) is 23.9. The van der Waals surface area contributed by atoms with Gasteiger partial charge in [-0.15, -0.1) is 0 Å². The Bertz CT molecular complexity index is 941. The number of carbonyl (C=O) groups is 2. The van der Waals surface area contributed by atoms with Crippen molar-refractivity contribution in [2.75, 3.05) is 10.6 Å². The van der Waals surface area contributed by atoms with Crippen molar-refractivity contribution in [1.82, 2.24) is 5.32 Å². The molecule has 0 aliphatic heterocycles. The topological polar surface area (TPSA) is 83.4 Å². The van der Waals surface area contributed by atoms with E-state index in [0.717, 1.165) is 5.56 Å². The number of rotatable bonds is 5. The molecule has 3 rings (SSSR count). The lowest BCUT2D eigenvalue weighted by Gasteiger charge is -2.09. The zero-order chi connectivity index (χ0) is 19.2. The van der Waals surface area contributed by atoms with Gasteiger partial charge in [-0.1, -0.05) is 35.3 Å². The predicted molar refractivity (Wildman–Crippen MR) is 105 cm³/mol. The van der Waals surface area contributed by atoms with Crippen LogP contribution in [0.3, 0.4) is 0 Å².